The summed E-state index contributed by atoms with van der Waals surface area (Å²) in [4.78, 5) is 2.30. The van der Waals surface area contributed by atoms with Gasteiger partial charge in [-0.2, -0.15) is 11.8 Å². The van der Waals surface area contributed by atoms with Gasteiger partial charge in [0.05, 0.1) is 6.10 Å². The molecule has 1 heterocycles. The van der Waals surface area contributed by atoms with Crippen molar-refractivity contribution in [3.05, 3.63) is 0 Å². The Morgan fingerprint density at radius 1 is 1.67 bits per heavy atom. The number of thioether (sulfide) groups is 1. The minimum atomic E-state index is -0.138. The third kappa shape index (κ3) is 2.96. The molecule has 1 aliphatic rings. The van der Waals surface area contributed by atoms with Crippen molar-refractivity contribution in [2.24, 2.45) is 0 Å². The summed E-state index contributed by atoms with van der Waals surface area (Å²) in [6.45, 7) is 2.86. The molecule has 0 spiro atoms. The Morgan fingerprint density at radius 2 is 2.42 bits per heavy atom. The third-order valence-electron chi connectivity index (χ3n) is 2.50. The third-order valence-corrected chi connectivity index (χ3v) is 3.64. The Balaban J connectivity index is 2.21. The molecular weight excluding hydrogens is 170 g/mol. The van der Waals surface area contributed by atoms with Crippen LogP contribution in [0.1, 0.15) is 19.8 Å². The molecule has 0 aromatic heterocycles. The van der Waals surface area contributed by atoms with Gasteiger partial charge in [0.15, 0.2) is 0 Å². The SMILES string of the molecule is CCC(O)CN(C)C1CCSC1. The van der Waals surface area contributed by atoms with E-state index in [4.69, 9.17) is 0 Å². The molecule has 1 rings (SSSR count). The van der Waals surface area contributed by atoms with Crippen LogP contribution in [-0.2, 0) is 0 Å². The van der Waals surface area contributed by atoms with E-state index in [1.54, 1.807) is 0 Å². The molecule has 0 aromatic rings. The molecule has 0 aromatic carbocycles. The van der Waals surface area contributed by atoms with Crippen LogP contribution in [-0.4, -0.2) is 47.3 Å². The van der Waals surface area contributed by atoms with Crippen LogP contribution in [0.5, 0.6) is 0 Å². The first-order valence-electron chi connectivity index (χ1n) is 4.70. The Labute approximate surface area is 79.3 Å². The summed E-state index contributed by atoms with van der Waals surface area (Å²) in [7, 11) is 2.12. The van der Waals surface area contributed by atoms with E-state index < -0.39 is 0 Å². The van der Waals surface area contributed by atoms with Crippen molar-refractivity contribution in [1.29, 1.82) is 0 Å². The lowest BCUT2D eigenvalue weighted by Crippen LogP contribution is -2.37. The molecule has 2 unspecified atom stereocenters. The number of aliphatic hydroxyl groups excluding tert-OH is 1. The highest BCUT2D eigenvalue weighted by molar-refractivity contribution is 7.99. The summed E-state index contributed by atoms with van der Waals surface area (Å²) in [5.41, 5.74) is 0. The monoisotopic (exact) mass is 189 g/mol. The molecular formula is C9H19NOS. The van der Waals surface area contributed by atoms with E-state index in [0.29, 0.717) is 6.04 Å². The normalized spacial score (nSPS) is 26.5. The molecule has 0 radical (unpaired) electrons. The zero-order valence-corrected chi connectivity index (χ0v) is 8.81. The van der Waals surface area contributed by atoms with E-state index in [2.05, 4.69) is 11.9 Å². The van der Waals surface area contributed by atoms with Crippen molar-refractivity contribution in [3.8, 4) is 0 Å². The molecule has 0 amide bonds. The fourth-order valence-corrected chi connectivity index (χ4v) is 2.78. The van der Waals surface area contributed by atoms with E-state index in [-0.39, 0.29) is 6.10 Å². The minimum absolute atomic E-state index is 0.138. The highest BCUT2D eigenvalue weighted by Crippen LogP contribution is 2.21. The quantitative estimate of drug-likeness (QED) is 0.719. The Kier molecular flexibility index (Phi) is 4.40. The molecule has 2 nitrogen and oxygen atoms in total. The van der Waals surface area contributed by atoms with Gasteiger partial charge in [-0.3, -0.25) is 0 Å². The van der Waals surface area contributed by atoms with Crippen molar-refractivity contribution >= 4 is 11.8 Å². The fourth-order valence-electron chi connectivity index (χ4n) is 1.48. The van der Waals surface area contributed by atoms with E-state index in [9.17, 15) is 5.11 Å². The summed E-state index contributed by atoms with van der Waals surface area (Å²) >= 11 is 2.02. The summed E-state index contributed by atoms with van der Waals surface area (Å²) in [6.07, 6.45) is 2.02. The Bertz CT molecular complexity index is 126. The topological polar surface area (TPSA) is 23.5 Å². The molecule has 1 aliphatic heterocycles. The van der Waals surface area contributed by atoms with E-state index >= 15 is 0 Å². The van der Waals surface area contributed by atoms with Gasteiger partial charge in [-0.05, 0) is 25.6 Å². The van der Waals surface area contributed by atoms with E-state index in [1.165, 1.54) is 17.9 Å². The maximum atomic E-state index is 9.44. The molecule has 1 N–H and O–H groups in total. The van der Waals surface area contributed by atoms with Gasteiger partial charge in [0, 0.05) is 18.3 Å². The Hall–Kier alpha value is 0.270. The fraction of sp³-hybridized carbons (Fsp3) is 1.00. The van der Waals surface area contributed by atoms with Crippen LogP contribution in [0.25, 0.3) is 0 Å². The van der Waals surface area contributed by atoms with E-state index in [1.807, 2.05) is 18.7 Å². The summed E-state index contributed by atoms with van der Waals surface area (Å²) in [5, 5.41) is 9.44. The summed E-state index contributed by atoms with van der Waals surface area (Å²) in [5.74, 6) is 2.53. The second kappa shape index (κ2) is 5.10. The van der Waals surface area contributed by atoms with Gasteiger partial charge >= 0.3 is 0 Å². The second-order valence-electron chi connectivity index (χ2n) is 3.52. The highest BCUT2D eigenvalue weighted by atomic mass is 32.2. The molecule has 3 heteroatoms. The van der Waals surface area contributed by atoms with Crippen molar-refractivity contribution in [2.75, 3.05) is 25.1 Å². The van der Waals surface area contributed by atoms with Crippen LogP contribution >= 0.6 is 11.8 Å². The lowest BCUT2D eigenvalue weighted by molar-refractivity contribution is 0.106. The molecule has 0 saturated carbocycles. The van der Waals surface area contributed by atoms with Crippen LogP contribution in [0.3, 0.4) is 0 Å². The zero-order valence-electron chi connectivity index (χ0n) is 7.99. The first kappa shape index (κ1) is 10.4. The van der Waals surface area contributed by atoms with E-state index in [0.717, 1.165) is 13.0 Å². The number of hydrogen-bond acceptors (Lipinski definition) is 3. The van der Waals surface area contributed by atoms with Gasteiger partial charge in [0.25, 0.3) is 0 Å². The van der Waals surface area contributed by atoms with Gasteiger partial charge in [-0.25, -0.2) is 0 Å². The summed E-state index contributed by atoms with van der Waals surface area (Å²) < 4.78 is 0. The Morgan fingerprint density at radius 3 is 2.92 bits per heavy atom. The second-order valence-corrected chi connectivity index (χ2v) is 4.67. The maximum absolute atomic E-state index is 9.44. The molecule has 0 bridgehead atoms. The molecule has 2 atom stereocenters. The van der Waals surface area contributed by atoms with Gasteiger partial charge in [0.1, 0.15) is 0 Å². The number of rotatable bonds is 4. The number of hydrogen-bond donors (Lipinski definition) is 1. The van der Waals surface area contributed by atoms with Crippen LogP contribution in [0, 0.1) is 0 Å². The number of nitrogens with zero attached hydrogens (tertiary/aromatic N) is 1. The van der Waals surface area contributed by atoms with Crippen LogP contribution in [0.4, 0.5) is 0 Å². The van der Waals surface area contributed by atoms with Crippen molar-refractivity contribution in [1.82, 2.24) is 4.90 Å². The van der Waals surface area contributed by atoms with Crippen LogP contribution in [0.15, 0.2) is 0 Å². The largest absolute Gasteiger partial charge is 0.392 e. The lowest BCUT2D eigenvalue weighted by atomic mass is 10.2. The molecule has 1 fully saturated rings. The first-order chi connectivity index (χ1) is 5.74. The number of likely N-dealkylation sites (N-methyl/N-ethyl adjacent to an activating group) is 1. The molecule has 0 aliphatic carbocycles. The van der Waals surface area contributed by atoms with Gasteiger partial charge in [-0.1, -0.05) is 6.92 Å². The van der Waals surface area contributed by atoms with Gasteiger partial charge in [-0.15, -0.1) is 0 Å². The van der Waals surface area contributed by atoms with Crippen molar-refractivity contribution in [3.63, 3.8) is 0 Å². The molecule has 72 valence electrons. The smallest absolute Gasteiger partial charge is 0.0664 e. The van der Waals surface area contributed by atoms with Crippen LogP contribution in [0.2, 0.25) is 0 Å². The average molecular weight is 189 g/mol. The molecule has 1 saturated heterocycles. The van der Waals surface area contributed by atoms with Crippen LogP contribution < -0.4 is 0 Å². The van der Waals surface area contributed by atoms with Crippen molar-refractivity contribution in [2.45, 2.75) is 31.9 Å². The van der Waals surface area contributed by atoms with Gasteiger partial charge < -0.3 is 10.0 Å². The lowest BCUT2D eigenvalue weighted by Gasteiger charge is -2.25. The average Bonchev–Trinajstić information content (AvgIpc) is 2.56. The summed E-state index contributed by atoms with van der Waals surface area (Å²) in [6, 6.07) is 0.705. The molecule has 12 heavy (non-hydrogen) atoms. The predicted octanol–water partition coefficient (Wildman–Crippen LogP) is 1.19. The first-order valence-corrected chi connectivity index (χ1v) is 5.85. The highest BCUT2D eigenvalue weighted by Gasteiger charge is 2.20. The standard InChI is InChI=1S/C9H19NOS/c1-3-9(11)6-10(2)8-4-5-12-7-8/h8-9,11H,3-7H2,1-2H3. The van der Waals surface area contributed by atoms with Gasteiger partial charge in [0.2, 0.25) is 0 Å². The van der Waals surface area contributed by atoms with Crippen molar-refractivity contribution < 1.29 is 5.11 Å². The number of aliphatic hydroxyl groups is 1. The maximum Gasteiger partial charge on any atom is 0.0664 e. The zero-order chi connectivity index (χ0) is 8.97. The predicted molar refractivity (Wildman–Crippen MR) is 54.7 cm³/mol. The minimum Gasteiger partial charge on any atom is -0.392 e.